The summed E-state index contributed by atoms with van der Waals surface area (Å²) in [7, 11) is -7.18. The van der Waals surface area contributed by atoms with Gasteiger partial charge < -0.3 is 26.9 Å². The van der Waals surface area contributed by atoms with E-state index in [1.165, 1.54) is 0 Å². The van der Waals surface area contributed by atoms with Crippen molar-refractivity contribution in [2.45, 2.75) is 0 Å². The van der Waals surface area contributed by atoms with Crippen LogP contribution in [0.3, 0.4) is 0 Å². The third-order valence-corrected chi connectivity index (χ3v) is 10.00. The van der Waals surface area contributed by atoms with E-state index in [4.69, 9.17) is 17.8 Å². The first-order valence-electron chi connectivity index (χ1n) is 14.6. The van der Waals surface area contributed by atoms with Crippen molar-refractivity contribution in [1.29, 1.82) is 0 Å². The van der Waals surface area contributed by atoms with Crippen LogP contribution in [0.1, 0.15) is 0 Å². The molecule has 0 saturated carbocycles. The van der Waals surface area contributed by atoms with Crippen LogP contribution in [0.4, 0.5) is 0 Å². The second-order valence-electron chi connectivity index (χ2n) is 11.6. The fourth-order valence-electron chi connectivity index (χ4n) is 7.66. The van der Waals surface area contributed by atoms with Gasteiger partial charge in [-0.15, -0.1) is 0 Å². The van der Waals surface area contributed by atoms with Gasteiger partial charge in [0.15, 0.2) is 11.5 Å². The molecule has 0 radical (unpaired) electrons. The number of benzene rings is 9. The zero-order chi connectivity index (χ0) is 33.3. The molecule has 48 heavy (non-hydrogen) atoms. The maximum Gasteiger partial charge on any atom is 0.262 e. The highest BCUT2D eigenvalue weighted by Gasteiger charge is 2.27. The van der Waals surface area contributed by atoms with E-state index in [1.807, 2.05) is 48.5 Å². The van der Waals surface area contributed by atoms with E-state index in [-0.39, 0.29) is 11.5 Å². The lowest BCUT2D eigenvalue weighted by molar-refractivity contribution is 0.373. The van der Waals surface area contributed by atoms with Gasteiger partial charge in [-0.1, -0.05) is 60.7 Å². The van der Waals surface area contributed by atoms with Crippen LogP contribution in [0.5, 0.6) is 23.0 Å². The molecule has 0 unspecified atom stereocenters. The van der Waals surface area contributed by atoms with Crippen LogP contribution in [0.15, 0.2) is 84.9 Å². The molecule has 10 nitrogen and oxygen atoms in total. The first-order chi connectivity index (χ1) is 23.0. The van der Waals surface area contributed by atoms with Gasteiger partial charge in [-0.2, -0.15) is 0 Å². The van der Waals surface area contributed by atoms with Gasteiger partial charge in [0.05, 0.1) is 14.2 Å². The molecule has 0 aromatic heterocycles. The summed E-state index contributed by atoms with van der Waals surface area (Å²) in [5, 5.41) is 10.1. The van der Waals surface area contributed by atoms with Crippen LogP contribution in [-0.2, 0) is 20.8 Å². The van der Waals surface area contributed by atoms with Gasteiger partial charge in [-0.05, 0) is 56.6 Å². The van der Waals surface area contributed by atoms with Crippen LogP contribution in [-0.4, -0.2) is 40.2 Å². The molecule has 0 aliphatic heterocycles. The molecular formula is C36H20O10S2-2. The molecular weight excluding hydrogens is 657 g/mol. The van der Waals surface area contributed by atoms with Gasteiger partial charge in [0, 0.05) is 53.9 Å². The number of fused-ring (bicyclic) bond motifs is 6. The molecule has 0 fully saturated rings. The predicted molar refractivity (Wildman–Crippen MR) is 183 cm³/mol. The highest BCUT2D eigenvalue weighted by Crippen LogP contribution is 2.55. The van der Waals surface area contributed by atoms with Crippen LogP contribution in [0.2, 0.25) is 0 Å². The summed E-state index contributed by atoms with van der Waals surface area (Å²) >= 11 is 0. The summed E-state index contributed by atoms with van der Waals surface area (Å²) in [6.45, 7) is 0. The zero-order valence-corrected chi connectivity index (χ0v) is 26.6. The third-order valence-electron chi connectivity index (χ3n) is 9.26. The van der Waals surface area contributed by atoms with Gasteiger partial charge in [0.1, 0.15) is 11.5 Å². The minimum absolute atomic E-state index is 0.0782. The molecule has 9 aromatic carbocycles. The summed E-state index contributed by atoms with van der Waals surface area (Å²) < 4.78 is 94.5. The van der Waals surface area contributed by atoms with Crippen LogP contribution in [0, 0.1) is 0 Å². The number of methoxy groups -OCH3 is 2. The topological polar surface area (TPSA) is 151 Å². The zero-order valence-electron chi connectivity index (χ0n) is 25.0. The normalized spacial score (nSPS) is 12.9. The van der Waals surface area contributed by atoms with Crippen LogP contribution >= 0.6 is 0 Å². The van der Waals surface area contributed by atoms with E-state index in [2.05, 4.69) is 0 Å². The Kier molecular flexibility index (Phi) is 5.75. The van der Waals surface area contributed by atoms with E-state index >= 15 is 0 Å². The summed E-state index contributed by atoms with van der Waals surface area (Å²) in [6.07, 6.45) is 0. The van der Waals surface area contributed by atoms with Crippen molar-refractivity contribution in [2.75, 3.05) is 14.2 Å². The number of ether oxygens (including phenoxy) is 2. The molecule has 0 aliphatic rings. The Bertz CT molecular complexity index is 2870. The van der Waals surface area contributed by atoms with Crippen LogP contribution in [0.25, 0.3) is 86.2 Å². The quantitative estimate of drug-likeness (QED) is 0.0750. The van der Waals surface area contributed by atoms with Crippen molar-refractivity contribution >= 4 is 107 Å². The first kappa shape index (κ1) is 28.8. The second kappa shape index (κ2) is 9.58. The Hall–Kier alpha value is -5.40. The Labute approximate surface area is 272 Å². The fraction of sp³-hybridized carbons (Fsp3) is 0.0556. The molecule has 0 N–H and O–H groups in total. The van der Waals surface area contributed by atoms with Crippen molar-refractivity contribution in [3.05, 3.63) is 84.9 Å². The van der Waals surface area contributed by atoms with E-state index < -0.39 is 20.8 Å². The maximum atomic E-state index is 12.0. The van der Waals surface area contributed by atoms with E-state index in [9.17, 15) is 25.9 Å². The average molecular weight is 677 g/mol. The Morgan fingerprint density at radius 2 is 0.771 bits per heavy atom. The summed E-state index contributed by atoms with van der Waals surface area (Å²) in [5.41, 5.74) is 0. The monoisotopic (exact) mass is 676 g/mol. The summed E-state index contributed by atoms with van der Waals surface area (Å²) in [4.78, 5) is 0. The van der Waals surface area contributed by atoms with Crippen molar-refractivity contribution < 1.29 is 43.8 Å². The lowest BCUT2D eigenvalue weighted by atomic mass is 9.82. The Morgan fingerprint density at radius 1 is 0.417 bits per heavy atom. The lowest BCUT2D eigenvalue weighted by Crippen LogP contribution is -2.08. The SMILES string of the molecule is COc1cc2c3ccccc3c(OS(=O)(=O)[O-])c3ccc4c5ccc6c(OS(=O)(=O)[O-])c7ccccc7c7cc(OC)c(c1c4c32)c5c67. The van der Waals surface area contributed by atoms with E-state index in [1.54, 1.807) is 50.6 Å². The Morgan fingerprint density at radius 3 is 1.12 bits per heavy atom. The standard InChI is InChI=1S/C36H22O10S2/c1-43-27-15-25-17-7-3-5-9-21(17)35(45-47(37,38)39)23-13-11-19-20-12-14-24-30-26(18-8-4-6-10-22(18)36(24)46-48(40,41)42)16-28(44-2)34(32(20)30)33(27)31(19)29(23)25/h3-16H,1-2H3,(H,37,38,39)(H,40,41,42)/p-2. The van der Waals surface area contributed by atoms with Gasteiger partial charge in [0.2, 0.25) is 0 Å². The minimum Gasteiger partial charge on any atom is -0.716 e. The molecule has 9 rings (SSSR count). The van der Waals surface area contributed by atoms with Crippen molar-refractivity contribution in [3.63, 3.8) is 0 Å². The molecule has 0 heterocycles. The smallest absolute Gasteiger partial charge is 0.262 e. The number of rotatable bonds is 6. The second-order valence-corrected chi connectivity index (χ2v) is 13.5. The molecule has 0 aliphatic carbocycles. The van der Waals surface area contributed by atoms with Crippen molar-refractivity contribution in [3.8, 4) is 23.0 Å². The lowest BCUT2D eigenvalue weighted by Gasteiger charge is -2.24. The Balaban J connectivity index is 1.60. The predicted octanol–water partition coefficient (Wildman–Crippen LogP) is 7.48. The van der Waals surface area contributed by atoms with Gasteiger partial charge in [-0.25, -0.2) is 16.8 Å². The molecule has 0 atom stereocenters. The molecule has 0 spiro atoms. The molecule has 238 valence electrons. The van der Waals surface area contributed by atoms with Gasteiger partial charge in [0.25, 0.3) is 20.8 Å². The maximum absolute atomic E-state index is 12.0. The molecule has 12 heteroatoms. The van der Waals surface area contributed by atoms with Gasteiger partial charge in [-0.3, -0.25) is 0 Å². The van der Waals surface area contributed by atoms with Crippen molar-refractivity contribution in [1.82, 2.24) is 0 Å². The average Bonchev–Trinajstić information content (AvgIpc) is 3.06. The molecule has 0 saturated heterocycles. The van der Waals surface area contributed by atoms with E-state index in [0.29, 0.717) is 76.1 Å². The fourth-order valence-corrected chi connectivity index (χ4v) is 8.43. The number of hydrogen-bond donors (Lipinski definition) is 0. The van der Waals surface area contributed by atoms with Gasteiger partial charge >= 0.3 is 0 Å². The first-order valence-corrected chi connectivity index (χ1v) is 17.3. The largest absolute Gasteiger partial charge is 0.716 e. The summed E-state index contributed by atoms with van der Waals surface area (Å²) in [6, 6.07) is 25.0. The highest BCUT2D eigenvalue weighted by atomic mass is 32.3. The summed E-state index contributed by atoms with van der Waals surface area (Å²) in [5.74, 6) is 0.834. The molecule has 9 aromatic rings. The number of hydrogen-bond acceptors (Lipinski definition) is 10. The van der Waals surface area contributed by atoms with E-state index in [0.717, 1.165) is 21.5 Å². The van der Waals surface area contributed by atoms with Crippen molar-refractivity contribution in [2.24, 2.45) is 0 Å². The highest BCUT2D eigenvalue weighted by molar-refractivity contribution is 7.81. The van der Waals surface area contributed by atoms with Crippen LogP contribution < -0.4 is 17.8 Å². The third kappa shape index (κ3) is 3.85. The minimum atomic E-state index is -5.14. The molecule has 0 amide bonds. The molecule has 0 bridgehead atoms.